The number of imidazole rings is 2. The van der Waals surface area contributed by atoms with Crippen LogP contribution in [0.15, 0.2) is 60.9 Å². The number of carbonyl (C=O) groups is 1. The van der Waals surface area contributed by atoms with Gasteiger partial charge in [-0.05, 0) is 82.3 Å². The van der Waals surface area contributed by atoms with E-state index in [1.54, 1.807) is 0 Å². The van der Waals surface area contributed by atoms with Gasteiger partial charge >= 0.3 is 6.09 Å². The molecule has 2 aromatic heterocycles. The Morgan fingerprint density at radius 3 is 1.73 bits per heavy atom. The second kappa shape index (κ2) is 14.1. The predicted molar refractivity (Wildman–Crippen MR) is 198 cm³/mol. The molecule has 0 radical (unpaired) electrons. The lowest BCUT2D eigenvalue weighted by atomic mass is 9.88. The van der Waals surface area contributed by atoms with Gasteiger partial charge in [0, 0.05) is 36.6 Å². The van der Waals surface area contributed by atoms with Gasteiger partial charge in [0.25, 0.3) is 0 Å². The number of aromatic nitrogens is 4. The zero-order valence-electron chi connectivity index (χ0n) is 30.7. The molecular formula is C41H56N6O2. The molecule has 1 amide bonds. The minimum atomic E-state index is -0.562. The molecule has 0 saturated heterocycles. The highest BCUT2D eigenvalue weighted by Gasteiger charge is 2.37. The van der Waals surface area contributed by atoms with Gasteiger partial charge in [0.15, 0.2) is 0 Å². The van der Waals surface area contributed by atoms with E-state index in [9.17, 15) is 4.79 Å². The summed E-state index contributed by atoms with van der Waals surface area (Å²) in [6.45, 7) is 16.4. The number of H-pyrrole nitrogens is 2. The molecule has 2 aliphatic rings. The minimum absolute atomic E-state index is 0.0959. The van der Waals surface area contributed by atoms with Gasteiger partial charge in [-0.3, -0.25) is 4.90 Å². The average molecular weight is 665 g/mol. The highest BCUT2D eigenvalue weighted by atomic mass is 16.6. The summed E-state index contributed by atoms with van der Waals surface area (Å²) < 4.78 is 5.85. The summed E-state index contributed by atoms with van der Waals surface area (Å²) in [5.41, 5.74) is 6.17. The summed E-state index contributed by atoms with van der Waals surface area (Å²) in [7, 11) is 0. The lowest BCUT2D eigenvalue weighted by Gasteiger charge is -2.36. The van der Waals surface area contributed by atoms with Crippen LogP contribution >= 0.6 is 0 Å². The molecule has 0 unspecified atom stereocenters. The fourth-order valence-corrected chi connectivity index (χ4v) is 7.60. The molecule has 3 N–H and O–H groups in total. The summed E-state index contributed by atoms with van der Waals surface area (Å²) in [5.74, 6) is 1.74. The molecule has 2 fully saturated rings. The van der Waals surface area contributed by atoms with Crippen molar-refractivity contribution in [2.45, 2.75) is 118 Å². The number of benzene rings is 2. The van der Waals surface area contributed by atoms with Crippen molar-refractivity contribution in [3.63, 3.8) is 0 Å². The Morgan fingerprint density at radius 1 is 0.776 bits per heavy atom. The van der Waals surface area contributed by atoms with Crippen molar-refractivity contribution >= 4 is 6.09 Å². The standard InChI is InChI=1S/C41H56N6O2/c1-28(44-26-40(6)20-8-9-21-40)36-42-24-34(45-36)32-16-12-30(13-17-32)31-14-18-33(19-15-31)35-25-43-37(46-35)29(2)47(38(48)49-39(3,4)5)27-41(7)22-10-11-23-41/h12-19,24-25,28-29,44H,8-11,20-23,26-27H2,1-7H3,(H,42,45)(H,43,46)/t28-,29-/m0/s1. The molecule has 0 bridgehead atoms. The fraction of sp³-hybridized carbons (Fsp3) is 0.537. The second-order valence-corrected chi connectivity index (χ2v) is 16.4. The van der Waals surface area contributed by atoms with Crippen LogP contribution in [-0.4, -0.2) is 49.6 Å². The van der Waals surface area contributed by atoms with E-state index >= 15 is 0 Å². The molecule has 2 aliphatic carbocycles. The van der Waals surface area contributed by atoms with Crippen molar-refractivity contribution in [1.82, 2.24) is 30.2 Å². The van der Waals surface area contributed by atoms with Crippen LogP contribution in [0, 0.1) is 10.8 Å². The zero-order valence-corrected chi connectivity index (χ0v) is 30.7. The van der Waals surface area contributed by atoms with Gasteiger partial charge in [-0.25, -0.2) is 14.8 Å². The molecule has 2 aromatic carbocycles. The molecular weight excluding hydrogens is 608 g/mol. The molecule has 8 heteroatoms. The van der Waals surface area contributed by atoms with Crippen LogP contribution in [0.1, 0.15) is 124 Å². The summed E-state index contributed by atoms with van der Waals surface area (Å²) >= 11 is 0. The van der Waals surface area contributed by atoms with Gasteiger partial charge in [-0.1, -0.05) is 88.1 Å². The van der Waals surface area contributed by atoms with Crippen LogP contribution in [-0.2, 0) is 4.74 Å². The number of aromatic amines is 2. The maximum absolute atomic E-state index is 13.4. The SMILES string of the molecule is C[C@H](NCC1(C)CCCC1)c1nc(-c2ccc(-c3ccc(-c4c[nH]c([C@H](C)N(CC5(C)CCCC5)C(=O)OC(C)(C)C)n4)cc3)cc2)c[nH]1. The first-order valence-electron chi connectivity index (χ1n) is 18.3. The molecule has 2 heterocycles. The summed E-state index contributed by atoms with van der Waals surface area (Å²) in [6, 6.07) is 17.0. The van der Waals surface area contributed by atoms with Gasteiger partial charge < -0.3 is 20.0 Å². The summed E-state index contributed by atoms with van der Waals surface area (Å²) in [4.78, 5) is 31.9. The van der Waals surface area contributed by atoms with Gasteiger partial charge in [0.2, 0.25) is 0 Å². The van der Waals surface area contributed by atoms with E-state index in [2.05, 4.69) is 84.6 Å². The lowest BCUT2D eigenvalue weighted by Crippen LogP contribution is -2.43. The fourth-order valence-electron chi connectivity index (χ4n) is 7.60. The van der Waals surface area contributed by atoms with Crippen LogP contribution in [0.3, 0.4) is 0 Å². The second-order valence-electron chi connectivity index (χ2n) is 16.4. The highest BCUT2D eigenvalue weighted by Crippen LogP contribution is 2.40. The molecule has 8 nitrogen and oxygen atoms in total. The first kappa shape index (κ1) is 34.9. The molecule has 4 aromatic rings. The van der Waals surface area contributed by atoms with E-state index < -0.39 is 5.60 Å². The Kier molecular flexibility index (Phi) is 10.1. The van der Waals surface area contributed by atoms with Crippen LogP contribution in [0.2, 0.25) is 0 Å². The summed E-state index contributed by atoms with van der Waals surface area (Å²) in [5, 5.41) is 3.71. The van der Waals surface area contributed by atoms with Gasteiger partial charge in [-0.2, -0.15) is 0 Å². The van der Waals surface area contributed by atoms with E-state index in [4.69, 9.17) is 14.7 Å². The van der Waals surface area contributed by atoms with E-state index in [0.29, 0.717) is 12.0 Å². The number of rotatable bonds is 11. The van der Waals surface area contributed by atoms with E-state index in [0.717, 1.165) is 64.7 Å². The monoisotopic (exact) mass is 664 g/mol. The largest absolute Gasteiger partial charge is 0.444 e. The Hall–Kier alpha value is -3.91. The van der Waals surface area contributed by atoms with Crippen molar-refractivity contribution in [3.8, 4) is 33.6 Å². The van der Waals surface area contributed by atoms with Crippen LogP contribution in [0.5, 0.6) is 0 Å². The Bertz CT molecular complexity index is 1680. The smallest absolute Gasteiger partial charge is 0.410 e. The number of ether oxygens (including phenoxy) is 1. The minimum Gasteiger partial charge on any atom is -0.444 e. The van der Waals surface area contributed by atoms with Crippen LogP contribution in [0.4, 0.5) is 4.79 Å². The van der Waals surface area contributed by atoms with Crippen LogP contribution in [0.25, 0.3) is 33.6 Å². The van der Waals surface area contributed by atoms with Crippen molar-refractivity contribution in [1.29, 1.82) is 0 Å². The molecule has 0 aliphatic heterocycles. The Labute approximate surface area is 292 Å². The quantitative estimate of drug-likeness (QED) is 0.148. The van der Waals surface area contributed by atoms with E-state index in [1.807, 2.05) is 45.0 Å². The predicted octanol–water partition coefficient (Wildman–Crippen LogP) is 10.2. The number of hydrogen-bond donors (Lipinski definition) is 3. The lowest BCUT2D eigenvalue weighted by molar-refractivity contribution is 0.00698. The third-order valence-electron chi connectivity index (χ3n) is 10.8. The number of carbonyl (C=O) groups excluding carboxylic acids is 1. The Morgan fingerprint density at radius 2 is 1.22 bits per heavy atom. The highest BCUT2D eigenvalue weighted by molar-refractivity contribution is 5.72. The maximum atomic E-state index is 13.4. The normalized spacial score (nSPS) is 18.3. The number of nitrogens with zero attached hydrogens (tertiary/aromatic N) is 3. The van der Waals surface area contributed by atoms with E-state index in [-0.39, 0.29) is 23.6 Å². The van der Waals surface area contributed by atoms with Crippen molar-refractivity contribution in [2.24, 2.45) is 10.8 Å². The van der Waals surface area contributed by atoms with Gasteiger partial charge in [-0.15, -0.1) is 0 Å². The van der Waals surface area contributed by atoms with Gasteiger partial charge in [0.1, 0.15) is 17.2 Å². The van der Waals surface area contributed by atoms with Gasteiger partial charge in [0.05, 0.1) is 23.5 Å². The van der Waals surface area contributed by atoms with Crippen molar-refractivity contribution < 1.29 is 9.53 Å². The average Bonchev–Trinajstić information content (AvgIpc) is 3.90. The molecule has 0 spiro atoms. The Balaban J connectivity index is 1.10. The third kappa shape index (κ3) is 8.46. The van der Waals surface area contributed by atoms with E-state index in [1.165, 1.54) is 38.5 Å². The van der Waals surface area contributed by atoms with Crippen molar-refractivity contribution in [3.05, 3.63) is 72.6 Å². The number of amides is 1. The number of nitrogens with one attached hydrogen (secondary N) is 3. The molecule has 6 rings (SSSR count). The molecule has 262 valence electrons. The number of hydrogen-bond acceptors (Lipinski definition) is 5. The third-order valence-corrected chi connectivity index (χ3v) is 10.8. The first-order chi connectivity index (χ1) is 23.3. The maximum Gasteiger partial charge on any atom is 0.410 e. The molecule has 49 heavy (non-hydrogen) atoms. The van der Waals surface area contributed by atoms with Crippen molar-refractivity contribution in [2.75, 3.05) is 13.1 Å². The zero-order chi connectivity index (χ0) is 34.8. The molecule has 2 atom stereocenters. The molecule has 2 saturated carbocycles. The first-order valence-corrected chi connectivity index (χ1v) is 18.3. The summed E-state index contributed by atoms with van der Waals surface area (Å²) in [6.07, 6.45) is 13.6. The van der Waals surface area contributed by atoms with Crippen LogP contribution < -0.4 is 5.32 Å². The topological polar surface area (TPSA) is 98.9 Å².